The fourth-order valence-corrected chi connectivity index (χ4v) is 3.37. The molecule has 0 saturated heterocycles. The molecule has 124 valence electrons. The van der Waals surface area contributed by atoms with Crippen LogP contribution in [0.2, 0.25) is 10.0 Å². The van der Waals surface area contributed by atoms with E-state index >= 15 is 0 Å². The summed E-state index contributed by atoms with van der Waals surface area (Å²) in [7, 11) is 1.52. The Balaban J connectivity index is 2.64. The molecule has 2 aromatic carbocycles. The third-order valence-corrected chi connectivity index (χ3v) is 4.80. The van der Waals surface area contributed by atoms with Gasteiger partial charge in [-0.3, -0.25) is 9.59 Å². The first-order valence-electron chi connectivity index (χ1n) is 7.06. The predicted octanol–water partition coefficient (Wildman–Crippen LogP) is 3.86. The van der Waals surface area contributed by atoms with Crippen molar-refractivity contribution < 1.29 is 14.6 Å². The van der Waals surface area contributed by atoms with Crippen molar-refractivity contribution in [3.63, 3.8) is 0 Å². The second-order valence-corrected chi connectivity index (χ2v) is 6.14. The first-order valence-corrected chi connectivity index (χ1v) is 7.82. The van der Waals surface area contributed by atoms with E-state index in [2.05, 4.69) is 0 Å². The summed E-state index contributed by atoms with van der Waals surface area (Å²) in [5.74, 6) is -0.494. The van der Waals surface area contributed by atoms with Gasteiger partial charge in [-0.1, -0.05) is 23.2 Å². The maximum absolute atomic E-state index is 13.0. The van der Waals surface area contributed by atoms with Crippen molar-refractivity contribution >= 4 is 51.0 Å². The fraction of sp³-hybridized carbons (Fsp3) is 0.176. The Morgan fingerprint density at radius 1 is 1.25 bits per heavy atom. The zero-order valence-corrected chi connectivity index (χ0v) is 14.4. The van der Waals surface area contributed by atoms with Crippen LogP contribution in [-0.2, 0) is 11.3 Å². The van der Waals surface area contributed by atoms with E-state index in [1.165, 1.54) is 17.7 Å². The Hall–Kier alpha value is -2.24. The quantitative estimate of drug-likeness (QED) is 0.715. The van der Waals surface area contributed by atoms with Crippen LogP contribution in [0.25, 0.3) is 21.8 Å². The van der Waals surface area contributed by atoms with Crippen LogP contribution in [0.3, 0.4) is 0 Å². The molecule has 3 rings (SSSR count). The van der Waals surface area contributed by atoms with Gasteiger partial charge in [0.25, 0.3) is 0 Å². The molecule has 0 fully saturated rings. The van der Waals surface area contributed by atoms with E-state index in [-0.39, 0.29) is 22.0 Å². The summed E-state index contributed by atoms with van der Waals surface area (Å²) >= 11 is 12.3. The van der Waals surface area contributed by atoms with Crippen LogP contribution < -0.4 is 10.2 Å². The molecule has 7 heteroatoms. The van der Waals surface area contributed by atoms with Gasteiger partial charge in [0.05, 0.1) is 33.6 Å². The minimum atomic E-state index is -1.05. The average Bonchev–Trinajstić information content (AvgIpc) is 2.53. The van der Waals surface area contributed by atoms with Crippen LogP contribution in [0.15, 0.2) is 29.1 Å². The molecule has 1 aromatic heterocycles. The number of carbonyl (C=O) groups is 1. The van der Waals surface area contributed by atoms with Gasteiger partial charge in [0.2, 0.25) is 0 Å². The molecular formula is C17H13Cl2NO4. The highest BCUT2D eigenvalue weighted by Gasteiger charge is 2.19. The topological polar surface area (TPSA) is 68.5 Å². The fourth-order valence-electron chi connectivity index (χ4n) is 2.95. The molecule has 1 N–H and O–H groups in total. The molecule has 24 heavy (non-hydrogen) atoms. The lowest BCUT2D eigenvalue weighted by molar-refractivity contribution is -0.137. The highest BCUT2D eigenvalue weighted by atomic mass is 35.5. The summed E-state index contributed by atoms with van der Waals surface area (Å²) in [6.07, 6.45) is 0. The Morgan fingerprint density at radius 3 is 2.58 bits per heavy atom. The lowest BCUT2D eigenvalue weighted by Gasteiger charge is -2.17. The normalized spacial score (nSPS) is 11.2. The highest BCUT2D eigenvalue weighted by Crippen LogP contribution is 2.33. The van der Waals surface area contributed by atoms with Gasteiger partial charge in [-0.05, 0) is 31.2 Å². The maximum atomic E-state index is 13.0. The highest BCUT2D eigenvalue weighted by molar-refractivity contribution is 6.45. The number of carboxylic acids is 1. The minimum Gasteiger partial charge on any atom is -0.496 e. The molecule has 0 bridgehead atoms. The zero-order chi connectivity index (χ0) is 17.6. The first-order chi connectivity index (χ1) is 11.4. The number of nitrogens with zero attached hydrogens (tertiary/aromatic N) is 1. The SMILES string of the molecule is COc1ccc2c(c1C)c(=O)c1ccc(Cl)c(Cl)c1n2CC(=O)O. The van der Waals surface area contributed by atoms with Gasteiger partial charge in [-0.2, -0.15) is 0 Å². The summed E-state index contributed by atoms with van der Waals surface area (Å²) in [5.41, 5.74) is 1.19. The number of aliphatic carboxylic acids is 1. The van der Waals surface area contributed by atoms with Crippen LogP contribution in [0.4, 0.5) is 0 Å². The van der Waals surface area contributed by atoms with Crippen molar-refractivity contribution in [3.05, 3.63) is 50.1 Å². The smallest absolute Gasteiger partial charge is 0.323 e. The van der Waals surface area contributed by atoms with Gasteiger partial charge < -0.3 is 14.4 Å². The van der Waals surface area contributed by atoms with Crippen molar-refractivity contribution in [2.45, 2.75) is 13.5 Å². The number of ether oxygens (including phenoxy) is 1. The second kappa shape index (κ2) is 6.00. The van der Waals surface area contributed by atoms with Crippen LogP contribution in [-0.4, -0.2) is 22.8 Å². The minimum absolute atomic E-state index is 0.155. The monoisotopic (exact) mass is 365 g/mol. The number of methoxy groups -OCH3 is 1. The Kier molecular flexibility index (Phi) is 4.15. The number of hydrogen-bond acceptors (Lipinski definition) is 3. The van der Waals surface area contributed by atoms with E-state index in [4.69, 9.17) is 27.9 Å². The third-order valence-electron chi connectivity index (χ3n) is 4.01. The summed E-state index contributed by atoms with van der Waals surface area (Å²) in [4.78, 5) is 24.3. The van der Waals surface area contributed by atoms with E-state index in [1.54, 1.807) is 25.1 Å². The number of pyridine rings is 1. The van der Waals surface area contributed by atoms with Crippen LogP contribution in [0.1, 0.15) is 5.56 Å². The summed E-state index contributed by atoms with van der Waals surface area (Å²) < 4.78 is 6.77. The molecule has 0 atom stereocenters. The van der Waals surface area contributed by atoms with E-state index in [0.29, 0.717) is 33.1 Å². The number of benzene rings is 2. The van der Waals surface area contributed by atoms with Crippen molar-refractivity contribution in [1.82, 2.24) is 4.57 Å². The standard InChI is InChI=1S/C17H13Cl2NO4/c1-8-12(24-2)6-5-11-14(8)17(23)9-3-4-10(18)15(19)16(9)20(11)7-13(21)22/h3-6H,7H2,1-2H3,(H,21,22). The lowest BCUT2D eigenvalue weighted by atomic mass is 10.0. The molecule has 0 aliphatic rings. The molecule has 5 nitrogen and oxygen atoms in total. The molecule has 3 aromatic rings. The predicted molar refractivity (Wildman–Crippen MR) is 94.7 cm³/mol. The zero-order valence-electron chi connectivity index (χ0n) is 12.9. The Labute approximate surface area is 147 Å². The number of hydrogen-bond donors (Lipinski definition) is 1. The maximum Gasteiger partial charge on any atom is 0.323 e. The van der Waals surface area contributed by atoms with Crippen LogP contribution in [0.5, 0.6) is 5.75 Å². The van der Waals surface area contributed by atoms with Crippen molar-refractivity contribution in [2.75, 3.05) is 7.11 Å². The van der Waals surface area contributed by atoms with E-state index < -0.39 is 5.97 Å². The Bertz CT molecular complexity index is 1060. The molecule has 1 heterocycles. The average molecular weight is 366 g/mol. The summed E-state index contributed by atoms with van der Waals surface area (Å²) in [6.45, 7) is 1.41. The van der Waals surface area contributed by atoms with Gasteiger partial charge >= 0.3 is 5.97 Å². The number of rotatable bonds is 3. The molecule has 0 radical (unpaired) electrons. The number of aryl methyl sites for hydroxylation is 1. The van der Waals surface area contributed by atoms with Crippen molar-refractivity contribution in [1.29, 1.82) is 0 Å². The van der Waals surface area contributed by atoms with E-state index in [9.17, 15) is 14.7 Å². The van der Waals surface area contributed by atoms with Gasteiger partial charge in [0.1, 0.15) is 12.3 Å². The molecule has 0 aliphatic heterocycles. The largest absolute Gasteiger partial charge is 0.496 e. The second-order valence-electron chi connectivity index (χ2n) is 5.35. The van der Waals surface area contributed by atoms with Gasteiger partial charge in [-0.15, -0.1) is 0 Å². The van der Waals surface area contributed by atoms with Crippen molar-refractivity contribution in [3.8, 4) is 5.75 Å². The number of aromatic nitrogens is 1. The van der Waals surface area contributed by atoms with Gasteiger partial charge in [0, 0.05) is 10.9 Å². The van der Waals surface area contributed by atoms with Gasteiger partial charge in [0.15, 0.2) is 5.43 Å². The lowest BCUT2D eigenvalue weighted by Crippen LogP contribution is -2.17. The number of halogens is 2. The van der Waals surface area contributed by atoms with Crippen LogP contribution in [0, 0.1) is 6.92 Å². The summed E-state index contributed by atoms with van der Waals surface area (Å²) in [5, 5.41) is 10.4. The number of carboxylic acid groups (broad SMARTS) is 1. The molecule has 0 amide bonds. The molecule has 0 aliphatic carbocycles. The number of fused-ring (bicyclic) bond motifs is 2. The third kappa shape index (κ3) is 2.41. The molecule has 0 unspecified atom stereocenters. The Morgan fingerprint density at radius 2 is 1.96 bits per heavy atom. The van der Waals surface area contributed by atoms with E-state index in [1.807, 2.05) is 0 Å². The molecular weight excluding hydrogens is 353 g/mol. The van der Waals surface area contributed by atoms with Crippen LogP contribution >= 0.6 is 23.2 Å². The molecule has 0 spiro atoms. The van der Waals surface area contributed by atoms with E-state index in [0.717, 1.165) is 0 Å². The van der Waals surface area contributed by atoms with Gasteiger partial charge in [-0.25, -0.2) is 0 Å². The summed E-state index contributed by atoms with van der Waals surface area (Å²) in [6, 6.07) is 6.44. The molecule has 0 saturated carbocycles. The first kappa shape index (κ1) is 16.6. The van der Waals surface area contributed by atoms with Crippen molar-refractivity contribution in [2.24, 2.45) is 0 Å².